The minimum absolute atomic E-state index is 0.182. The second kappa shape index (κ2) is 4.10. The molecule has 0 aliphatic rings. The number of nitrogens with two attached hydrogens (primary N) is 1. The first-order chi connectivity index (χ1) is 7.58. The fourth-order valence-corrected chi connectivity index (χ4v) is 1.66. The number of halogens is 3. The third kappa shape index (κ3) is 1.99. The maximum absolute atomic E-state index is 13.1. The summed E-state index contributed by atoms with van der Waals surface area (Å²) in [6.45, 7) is 0. The topological polar surface area (TPSA) is 26.0 Å². The van der Waals surface area contributed by atoms with Gasteiger partial charge in [-0.2, -0.15) is 0 Å². The number of anilines is 1. The Hall–Kier alpha value is -1.61. The molecule has 16 heavy (non-hydrogen) atoms. The van der Waals surface area contributed by atoms with E-state index in [1.54, 1.807) is 24.3 Å². The molecule has 2 aromatic carbocycles. The first kappa shape index (κ1) is 10.9. The van der Waals surface area contributed by atoms with Crippen LogP contribution in [0.15, 0.2) is 36.4 Å². The maximum Gasteiger partial charge on any atom is 0.160 e. The molecule has 0 radical (unpaired) electrons. The van der Waals surface area contributed by atoms with E-state index in [0.29, 0.717) is 16.1 Å². The number of hydrogen-bond donors (Lipinski definition) is 1. The molecule has 0 aliphatic heterocycles. The van der Waals surface area contributed by atoms with Crippen LogP contribution in [0.1, 0.15) is 0 Å². The van der Waals surface area contributed by atoms with Crippen LogP contribution in [0.3, 0.4) is 0 Å². The van der Waals surface area contributed by atoms with Crippen LogP contribution in [-0.2, 0) is 0 Å². The lowest BCUT2D eigenvalue weighted by molar-refractivity contribution is 0.509. The summed E-state index contributed by atoms with van der Waals surface area (Å²) in [7, 11) is 0. The lowest BCUT2D eigenvalue weighted by Gasteiger charge is -2.07. The molecule has 0 saturated heterocycles. The summed E-state index contributed by atoms with van der Waals surface area (Å²) in [5.41, 5.74) is 6.89. The highest BCUT2D eigenvalue weighted by Crippen LogP contribution is 2.29. The van der Waals surface area contributed by atoms with E-state index in [4.69, 9.17) is 17.3 Å². The Morgan fingerprint density at radius 1 is 1.00 bits per heavy atom. The molecule has 0 spiro atoms. The monoisotopic (exact) mass is 239 g/mol. The van der Waals surface area contributed by atoms with Crippen LogP contribution in [0.5, 0.6) is 0 Å². The molecule has 1 nitrogen and oxygen atoms in total. The Balaban J connectivity index is 2.60. The second-order valence-electron chi connectivity index (χ2n) is 3.36. The molecular weight excluding hydrogens is 232 g/mol. The van der Waals surface area contributed by atoms with Crippen LogP contribution < -0.4 is 5.73 Å². The van der Waals surface area contributed by atoms with E-state index in [1.807, 2.05) is 0 Å². The predicted molar refractivity (Wildman–Crippen MR) is 61.2 cm³/mol. The molecule has 0 bridgehead atoms. The van der Waals surface area contributed by atoms with Gasteiger partial charge in [0.25, 0.3) is 0 Å². The first-order valence-corrected chi connectivity index (χ1v) is 4.96. The fraction of sp³-hybridized carbons (Fsp3) is 0. The van der Waals surface area contributed by atoms with E-state index >= 15 is 0 Å². The third-order valence-electron chi connectivity index (χ3n) is 2.23. The van der Waals surface area contributed by atoms with Crippen LogP contribution >= 0.6 is 11.6 Å². The quantitative estimate of drug-likeness (QED) is 0.751. The molecule has 0 saturated carbocycles. The Bertz CT molecular complexity index is 541. The van der Waals surface area contributed by atoms with Gasteiger partial charge in [-0.05, 0) is 23.8 Å². The van der Waals surface area contributed by atoms with Crippen LogP contribution in [0.4, 0.5) is 14.5 Å². The van der Waals surface area contributed by atoms with E-state index in [1.165, 1.54) is 0 Å². The number of nitrogen functional groups attached to an aromatic ring is 1. The van der Waals surface area contributed by atoms with Crippen molar-refractivity contribution in [1.29, 1.82) is 0 Å². The summed E-state index contributed by atoms with van der Waals surface area (Å²) >= 11 is 5.81. The predicted octanol–water partition coefficient (Wildman–Crippen LogP) is 3.87. The van der Waals surface area contributed by atoms with Crippen LogP contribution in [0, 0.1) is 11.6 Å². The van der Waals surface area contributed by atoms with Crippen molar-refractivity contribution < 1.29 is 8.78 Å². The number of hydrogen-bond acceptors (Lipinski definition) is 1. The molecule has 0 atom stereocenters. The zero-order valence-corrected chi connectivity index (χ0v) is 8.93. The Kier molecular flexibility index (Phi) is 2.79. The summed E-state index contributed by atoms with van der Waals surface area (Å²) in [4.78, 5) is 0. The smallest absolute Gasteiger partial charge is 0.160 e. The number of rotatable bonds is 1. The summed E-state index contributed by atoms with van der Waals surface area (Å²) in [6, 6.07) is 8.82. The van der Waals surface area contributed by atoms with Crippen molar-refractivity contribution in [3.05, 3.63) is 53.1 Å². The normalized spacial score (nSPS) is 10.4. The Labute approximate surface area is 96.5 Å². The molecule has 0 amide bonds. The molecule has 0 aromatic heterocycles. The molecule has 82 valence electrons. The summed E-state index contributed by atoms with van der Waals surface area (Å²) in [6.07, 6.45) is 0. The van der Waals surface area contributed by atoms with Gasteiger partial charge < -0.3 is 5.73 Å². The van der Waals surface area contributed by atoms with E-state index in [0.717, 1.165) is 12.1 Å². The first-order valence-electron chi connectivity index (χ1n) is 4.58. The minimum Gasteiger partial charge on any atom is -0.398 e. The molecule has 2 N–H and O–H groups in total. The number of benzene rings is 2. The van der Waals surface area contributed by atoms with Gasteiger partial charge in [-0.25, -0.2) is 8.78 Å². The van der Waals surface area contributed by atoms with Crippen molar-refractivity contribution in [2.75, 3.05) is 5.73 Å². The van der Waals surface area contributed by atoms with Crippen molar-refractivity contribution in [2.24, 2.45) is 0 Å². The standard InChI is InChI=1S/C12H8ClF2N/c13-8-3-1-2-7(4-8)9-5-10(14)11(15)6-12(9)16/h1-6H,16H2. The van der Waals surface area contributed by atoms with Crippen molar-refractivity contribution >= 4 is 17.3 Å². The van der Waals surface area contributed by atoms with Gasteiger partial charge in [0.05, 0.1) is 0 Å². The van der Waals surface area contributed by atoms with Gasteiger partial charge in [-0.3, -0.25) is 0 Å². The maximum atomic E-state index is 13.1. The van der Waals surface area contributed by atoms with E-state index in [-0.39, 0.29) is 5.69 Å². The van der Waals surface area contributed by atoms with Crippen molar-refractivity contribution in [1.82, 2.24) is 0 Å². The lowest BCUT2D eigenvalue weighted by atomic mass is 10.0. The van der Waals surface area contributed by atoms with Gasteiger partial charge in [-0.1, -0.05) is 23.7 Å². The third-order valence-corrected chi connectivity index (χ3v) is 2.46. The lowest BCUT2D eigenvalue weighted by Crippen LogP contribution is -1.94. The Morgan fingerprint density at radius 2 is 1.69 bits per heavy atom. The highest BCUT2D eigenvalue weighted by atomic mass is 35.5. The fourth-order valence-electron chi connectivity index (χ4n) is 1.47. The molecule has 2 aromatic rings. The molecule has 4 heteroatoms. The van der Waals surface area contributed by atoms with Gasteiger partial charge in [0.15, 0.2) is 11.6 Å². The SMILES string of the molecule is Nc1cc(F)c(F)cc1-c1cccc(Cl)c1. The molecule has 0 unspecified atom stereocenters. The molecule has 0 heterocycles. The molecule has 2 rings (SSSR count). The molecular formula is C12H8ClF2N. The van der Waals surface area contributed by atoms with Gasteiger partial charge in [0.2, 0.25) is 0 Å². The summed E-state index contributed by atoms with van der Waals surface area (Å²) in [5.74, 6) is -1.88. The van der Waals surface area contributed by atoms with E-state index < -0.39 is 11.6 Å². The Morgan fingerprint density at radius 3 is 2.38 bits per heavy atom. The van der Waals surface area contributed by atoms with Gasteiger partial charge in [-0.15, -0.1) is 0 Å². The largest absolute Gasteiger partial charge is 0.398 e. The van der Waals surface area contributed by atoms with Gasteiger partial charge in [0, 0.05) is 22.3 Å². The van der Waals surface area contributed by atoms with Crippen molar-refractivity contribution in [2.45, 2.75) is 0 Å². The molecule has 0 aliphatic carbocycles. The van der Waals surface area contributed by atoms with Gasteiger partial charge in [0.1, 0.15) is 0 Å². The van der Waals surface area contributed by atoms with E-state index in [2.05, 4.69) is 0 Å². The van der Waals surface area contributed by atoms with Crippen LogP contribution in [0.25, 0.3) is 11.1 Å². The van der Waals surface area contributed by atoms with Crippen molar-refractivity contribution in [3.8, 4) is 11.1 Å². The van der Waals surface area contributed by atoms with Crippen molar-refractivity contribution in [3.63, 3.8) is 0 Å². The second-order valence-corrected chi connectivity index (χ2v) is 3.80. The zero-order chi connectivity index (χ0) is 11.7. The minimum atomic E-state index is -0.955. The summed E-state index contributed by atoms with van der Waals surface area (Å²) < 4.78 is 26.0. The highest BCUT2D eigenvalue weighted by molar-refractivity contribution is 6.30. The zero-order valence-electron chi connectivity index (χ0n) is 8.18. The van der Waals surface area contributed by atoms with E-state index in [9.17, 15) is 8.78 Å². The van der Waals surface area contributed by atoms with Gasteiger partial charge >= 0.3 is 0 Å². The highest BCUT2D eigenvalue weighted by Gasteiger charge is 2.09. The average molecular weight is 240 g/mol. The molecule has 0 fully saturated rings. The summed E-state index contributed by atoms with van der Waals surface area (Å²) in [5, 5.41) is 0.515. The van der Waals surface area contributed by atoms with Crippen LogP contribution in [0.2, 0.25) is 5.02 Å². The van der Waals surface area contributed by atoms with Crippen LogP contribution in [-0.4, -0.2) is 0 Å². The average Bonchev–Trinajstić information content (AvgIpc) is 2.23.